The Morgan fingerprint density at radius 3 is 1.69 bits per heavy atom. The third kappa shape index (κ3) is 9.95. The Kier molecular flexibility index (Phi) is 9.27. The summed E-state index contributed by atoms with van der Waals surface area (Å²) in [5.41, 5.74) is 0. The van der Waals surface area contributed by atoms with E-state index in [4.69, 9.17) is 5.26 Å². The van der Waals surface area contributed by atoms with Crippen molar-refractivity contribution in [1.29, 1.82) is 5.26 Å². The molecule has 16 heavy (non-hydrogen) atoms. The van der Waals surface area contributed by atoms with Crippen molar-refractivity contribution in [3.63, 3.8) is 0 Å². The number of rotatable bonds is 9. The monoisotopic (exact) mass is 225 g/mol. The third-order valence-corrected chi connectivity index (χ3v) is 2.82. The predicted octanol–water partition coefficient (Wildman–Crippen LogP) is 2.20. The van der Waals surface area contributed by atoms with E-state index in [0.717, 1.165) is 19.5 Å². The molecule has 0 N–H and O–H groups in total. The van der Waals surface area contributed by atoms with Crippen molar-refractivity contribution in [2.24, 2.45) is 5.92 Å². The highest BCUT2D eigenvalue weighted by Gasteiger charge is 2.08. The lowest BCUT2D eigenvalue weighted by Gasteiger charge is -2.16. The van der Waals surface area contributed by atoms with Crippen molar-refractivity contribution < 1.29 is 0 Å². The topological polar surface area (TPSA) is 30.3 Å². The van der Waals surface area contributed by atoms with Crippen molar-refractivity contribution in [3.05, 3.63) is 0 Å². The van der Waals surface area contributed by atoms with Crippen LogP contribution in [-0.4, -0.2) is 51.1 Å². The second-order valence-electron chi connectivity index (χ2n) is 5.12. The van der Waals surface area contributed by atoms with Gasteiger partial charge in [-0.15, -0.1) is 0 Å². The highest BCUT2D eigenvalue weighted by atomic mass is 15.0. The smallest absolute Gasteiger partial charge is 0.0624 e. The molecule has 0 aromatic heterocycles. The quantitative estimate of drug-likeness (QED) is 0.602. The van der Waals surface area contributed by atoms with E-state index >= 15 is 0 Å². The predicted molar refractivity (Wildman–Crippen MR) is 69.3 cm³/mol. The van der Waals surface area contributed by atoms with Gasteiger partial charge >= 0.3 is 0 Å². The number of hydrogen-bond acceptors (Lipinski definition) is 3. The zero-order valence-electron chi connectivity index (χ0n) is 11.4. The summed E-state index contributed by atoms with van der Waals surface area (Å²) in [5, 5.41) is 8.78. The second kappa shape index (κ2) is 9.62. The van der Waals surface area contributed by atoms with Gasteiger partial charge in [0.1, 0.15) is 0 Å². The first-order valence-electron chi connectivity index (χ1n) is 6.22. The largest absolute Gasteiger partial charge is 0.309 e. The fraction of sp³-hybridized carbons (Fsp3) is 0.923. The Morgan fingerprint density at radius 1 is 0.938 bits per heavy atom. The summed E-state index contributed by atoms with van der Waals surface area (Å²) in [6.07, 6.45) is 5.53. The molecule has 3 heteroatoms. The first-order valence-corrected chi connectivity index (χ1v) is 6.22. The zero-order chi connectivity index (χ0) is 12.4. The van der Waals surface area contributed by atoms with Crippen LogP contribution in [0.15, 0.2) is 0 Å². The van der Waals surface area contributed by atoms with Crippen molar-refractivity contribution in [2.75, 3.05) is 41.3 Å². The van der Waals surface area contributed by atoms with Crippen LogP contribution in [0.5, 0.6) is 0 Å². The minimum atomic E-state index is 0.602. The number of nitriles is 1. The van der Waals surface area contributed by atoms with Gasteiger partial charge < -0.3 is 9.80 Å². The van der Waals surface area contributed by atoms with E-state index in [1.165, 1.54) is 25.7 Å². The molecule has 3 nitrogen and oxygen atoms in total. The van der Waals surface area contributed by atoms with Crippen LogP contribution in [-0.2, 0) is 0 Å². The lowest BCUT2D eigenvalue weighted by Crippen LogP contribution is -2.16. The maximum absolute atomic E-state index is 8.78. The average molecular weight is 225 g/mol. The Bertz CT molecular complexity index is 180. The molecular weight excluding hydrogens is 198 g/mol. The van der Waals surface area contributed by atoms with E-state index in [2.05, 4.69) is 44.1 Å². The molecule has 0 aliphatic carbocycles. The van der Waals surface area contributed by atoms with Gasteiger partial charge in [0.05, 0.1) is 6.07 Å². The highest BCUT2D eigenvalue weighted by Crippen LogP contribution is 2.17. The molecule has 0 rings (SSSR count). The Morgan fingerprint density at radius 2 is 1.38 bits per heavy atom. The Balaban J connectivity index is 3.67. The summed E-state index contributed by atoms with van der Waals surface area (Å²) in [7, 11) is 8.41. The minimum absolute atomic E-state index is 0.602. The molecule has 0 aromatic carbocycles. The molecule has 0 aliphatic heterocycles. The van der Waals surface area contributed by atoms with E-state index < -0.39 is 0 Å². The summed E-state index contributed by atoms with van der Waals surface area (Å²) in [6.45, 7) is 2.27. The van der Waals surface area contributed by atoms with E-state index in [9.17, 15) is 0 Å². The van der Waals surface area contributed by atoms with Crippen LogP contribution < -0.4 is 0 Å². The van der Waals surface area contributed by atoms with Gasteiger partial charge in [0.15, 0.2) is 0 Å². The third-order valence-electron chi connectivity index (χ3n) is 2.82. The zero-order valence-corrected chi connectivity index (χ0v) is 11.4. The maximum atomic E-state index is 8.78. The van der Waals surface area contributed by atoms with Gasteiger partial charge in [0.25, 0.3) is 0 Å². The lowest BCUT2D eigenvalue weighted by molar-refractivity contribution is 0.333. The van der Waals surface area contributed by atoms with Crippen molar-refractivity contribution in [2.45, 2.75) is 32.1 Å². The lowest BCUT2D eigenvalue weighted by atomic mass is 9.94. The van der Waals surface area contributed by atoms with Gasteiger partial charge in [0, 0.05) is 6.42 Å². The van der Waals surface area contributed by atoms with Crippen molar-refractivity contribution in [3.8, 4) is 6.07 Å². The number of nitrogens with zero attached hydrogens (tertiary/aromatic N) is 3. The van der Waals surface area contributed by atoms with Crippen LogP contribution in [0.2, 0.25) is 0 Å². The van der Waals surface area contributed by atoms with Crippen LogP contribution in [0.25, 0.3) is 0 Å². The first-order chi connectivity index (χ1) is 7.56. The molecule has 0 aliphatic rings. The van der Waals surface area contributed by atoms with Crippen molar-refractivity contribution >= 4 is 0 Å². The molecule has 0 saturated carbocycles. The molecule has 0 atom stereocenters. The molecule has 0 amide bonds. The van der Waals surface area contributed by atoms with Gasteiger partial charge in [-0.05, 0) is 72.9 Å². The van der Waals surface area contributed by atoms with E-state index in [1.54, 1.807) is 0 Å². The van der Waals surface area contributed by atoms with Crippen LogP contribution in [0, 0.1) is 17.2 Å². The highest BCUT2D eigenvalue weighted by molar-refractivity contribution is 4.76. The molecule has 0 radical (unpaired) electrons. The van der Waals surface area contributed by atoms with Gasteiger partial charge in [-0.25, -0.2) is 0 Å². The molecule has 0 saturated heterocycles. The van der Waals surface area contributed by atoms with Gasteiger partial charge in [-0.3, -0.25) is 0 Å². The molecule has 0 heterocycles. The van der Waals surface area contributed by atoms with Crippen LogP contribution >= 0.6 is 0 Å². The molecule has 0 spiro atoms. The summed E-state index contributed by atoms with van der Waals surface area (Å²) in [6, 6.07) is 2.32. The number of hydrogen-bond donors (Lipinski definition) is 0. The fourth-order valence-electron chi connectivity index (χ4n) is 1.87. The van der Waals surface area contributed by atoms with Crippen LogP contribution in [0.4, 0.5) is 0 Å². The summed E-state index contributed by atoms with van der Waals surface area (Å²) in [4.78, 5) is 4.42. The van der Waals surface area contributed by atoms with Gasteiger partial charge in [-0.1, -0.05) is 0 Å². The Hall–Kier alpha value is -0.590. The maximum Gasteiger partial charge on any atom is 0.0624 e. The van der Waals surface area contributed by atoms with Gasteiger partial charge in [-0.2, -0.15) is 5.26 Å². The fourth-order valence-corrected chi connectivity index (χ4v) is 1.87. The van der Waals surface area contributed by atoms with E-state index in [1.807, 2.05) is 0 Å². The molecule has 0 aromatic rings. The molecule has 0 bridgehead atoms. The average Bonchev–Trinajstić information content (AvgIpc) is 2.16. The summed E-state index contributed by atoms with van der Waals surface area (Å²) >= 11 is 0. The van der Waals surface area contributed by atoms with Crippen LogP contribution in [0.3, 0.4) is 0 Å². The molecule has 0 fully saturated rings. The summed E-state index contributed by atoms with van der Waals surface area (Å²) < 4.78 is 0. The minimum Gasteiger partial charge on any atom is -0.309 e. The van der Waals surface area contributed by atoms with Crippen LogP contribution in [0.1, 0.15) is 32.1 Å². The summed E-state index contributed by atoms with van der Waals surface area (Å²) in [5.74, 6) is 0.602. The van der Waals surface area contributed by atoms with Gasteiger partial charge in [0.2, 0.25) is 0 Å². The van der Waals surface area contributed by atoms with E-state index in [0.29, 0.717) is 5.92 Å². The molecule has 0 unspecified atom stereocenters. The Labute approximate surface area is 101 Å². The second-order valence-corrected chi connectivity index (χ2v) is 5.12. The normalized spacial score (nSPS) is 11.4. The molecule has 94 valence electrons. The van der Waals surface area contributed by atoms with Crippen molar-refractivity contribution in [1.82, 2.24) is 9.80 Å². The van der Waals surface area contributed by atoms with E-state index in [-0.39, 0.29) is 0 Å². The molecular formula is C13H27N3. The SMILES string of the molecule is CN(C)CCCC(CC#N)CCCN(C)C. The standard InChI is InChI=1S/C13H27N3/c1-15(2)11-5-7-13(9-10-14)8-6-12-16(3)4/h13H,5-9,11-12H2,1-4H3. The first kappa shape index (κ1) is 15.4.